The lowest BCUT2D eigenvalue weighted by Gasteiger charge is -2.10. The summed E-state index contributed by atoms with van der Waals surface area (Å²) in [6.07, 6.45) is -0.521. The Morgan fingerprint density at radius 1 is 1.39 bits per heavy atom. The number of thiophene rings is 1. The number of aliphatic hydroxyl groups is 1. The molecule has 2 aromatic rings. The number of hydrogen-bond donors (Lipinski definition) is 2. The number of halogens is 2. The molecule has 5 heteroatoms. The van der Waals surface area contributed by atoms with Crippen LogP contribution in [0.4, 0.5) is 4.39 Å². The highest BCUT2D eigenvalue weighted by atomic mass is 35.5. The van der Waals surface area contributed by atoms with E-state index in [1.165, 1.54) is 6.07 Å². The van der Waals surface area contributed by atoms with Crippen molar-refractivity contribution in [3.8, 4) is 0 Å². The SMILES string of the molecule is OC(CNCc1ccc(F)c(Cl)c1)c1ccsc1. The molecule has 96 valence electrons. The summed E-state index contributed by atoms with van der Waals surface area (Å²) >= 11 is 7.24. The van der Waals surface area contributed by atoms with Crippen LogP contribution in [0, 0.1) is 5.82 Å². The largest absolute Gasteiger partial charge is 0.387 e. The van der Waals surface area contributed by atoms with Gasteiger partial charge in [-0.3, -0.25) is 0 Å². The third-order valence-electron chi connectivity index (χ3n) is 2.58. The van der Waals surface area contributed by atoms with Crippen LogP contribution in [-0.2, 0) is 6.54 Å². The molecule has 1 aromatic carbocycles. The molecule has 0 bridgehead atoms. The van der Waals surface area contributed by atoms with Gasteiger partial charge in [0, 0.05) is 13.1 Å². The summed E-state index contributed by atoms with van der Waals surface area (Å²) in [5, 5.41) is 16.9. The number of benzene rings is 1. The van der Waals surface area contributed by atoms with E-state index in [1.54, 1.807) is 23.5 Å². The van der Waals surface area contributed by atoms with Gasteiger partial charge in [0.2, 0.25) is 0 Å². The average molecular weight is 286 g/mol. The van der Waals surface area contributed by atoms with E-state index >= 15 is 0 Å². The highest BCUT2D eigenvalue weighted by molar-refractivity contribution is 7.07. The van der Waals surface area contributed by atoms with Gasteiger partial charge in [0.25, 0.3) is 0 Å². The van der Waals surface area contributed by atoms with Crippen LogP contribution in [0.5, 0.6) is 0 Å². The fraction of sp³-hybridized carbons (Fsp3) is 0.231. The Labute approximate surface area is 114 Å². The van der Waals surface area contributed by atoms with Crippen molar-refractivity contribution in [1.29, 1.82) is 0 Å². The summed E-state index contributed by atoms with van der Waals surface area (Å²) < 4.78 is 12.9. The number of hydrogen-bond acceptors (Lipinski definition) is 3. The highest BCUT2D eigenvalue weighted by Crippen LogP contribution is 2.17. The van der Waals surface area contributed by atoms with Gasteiger partial charge in [-0.15, -0.1) is 0 Å². The monoisotopic (exact) mass is 285 g/mol. The zero-order chi connectivity index (χ0) is 13.0. The molecular formula is C13H13ClFNOS. The van der Waals surface area contributed by atoms with Crippen molar-refractivity contribution in [3.05, 3.63) is 57.0 Å². The molecule has 0 saturated heterocycles. The van der Waals surface area contributed by atoms with E-state index in [9.17, 15) is 9.50 Å². The van der Waals surface area contributed by atoms with Gasteiger partial charge in [-0.05, 0) is 40.1 Å². The van der Waals surface area contributed by atoms with E-state index < -0.39 is 11.9 Å². The minimum absolute atomic E-state index is 0.118. The van der Waals surface area contributed by atoms with Gasteiger partial charge in [0.05, 0.1) is 11.1 Å². The first-order valence-electron chi connectivity index (χ1n) is 5.51. The summed E-state index contributed by atoms with van der Waals surface area (Å²) in [7, 11) is 0. The van der Waals surface area contributed by atoms with E-state index in [0.717, 1.165) is 11.1 Å². The van der Waals surface area contributed by atoms with Gasteiger partial charge < -0.3 is 10.4 Å². The topological polar surface area (TPSA) is 32.3 Å². The highest BCUT2D eigenvalue weighted by Gasteiger charge is 2.07. The number of aliphatic hydroxyl groups excluding tert-OH is 1. The molecule has 2 rings (SSSR count). The lowest BCUT2D eigenvalue weighted by Crippen LogP contribution is -2.20. The van der Waals surface area contributed by atoms with Crippen LogP contribution in [0.3, 0.4) is 0 Å². The van der Waals surface area contributed by atoms with Gasteiger partial charge in [0.15, 0.2) is 0 Å². The molecule has 2 nitrogen and oxygen atoms in total. The van der Waals surface area contributed by atoms with Crippen LogP contribution in [0.2, 0.25) is 5.02 Å². The molecule has 2 N–H and O–H groups in total. The van der Waals surface area contributed by atoms with E-state index in [-0.39, 0.29) is 5.02 Å². The van der Waals surface area contributed by atoms with Crippen LogP contribution in [0.1, 0.15) is 17.2 Å². The molecule has 0 amide bonds. The molecular weight excluding hydrogens is 273 g/mol. The molecule has 1 aromatic heterocycles. The number of rotatable bonds is 5. The Hall–Kier alpha value is -0.940. The molecule has 0 aliphatic heterocycles. The smallest absolute Gasteiger partial charge is 0.141 e. The van der Waals surface area contributed by atoms with Crippen molar-refractivity contribution in [2.75, 3.05) is 6.54 Å². The van der Waals surface area contributed by atoms with Crippen LogP contribution in [-0.4, -0.2) is 11.7 Å². The van der Waals surface area contributed by atoms with Crippen molar-refractivity contribution in [3.63, 3.8) is 0 Å². The van der Waals surface area contributed by atoms with Crippen LogP contribution in [0.15, 0.2) is 35.0 Å². The molecule has 1 unspecified atom stereocenters. The average Bonchev–Trinajstić information content (AvgIpc) is 2.87. The lowest BCUT2D eigenvalue weighted by atomic mass is 10.2. The molecule has 0 aliphatic carbocycles. The summed E-state index contributed by atoms with van der Waals surface area (Å²) in [5.74, 6) is -0.418. The first-order valence-corrected chi connectivity index (χ1v) is 6.83. The predicted octanol–water partition coefficient (Wildman–Crippen LogP) is 3.36. The summed E-state index contributed by atoms with van der Waals surface area (Å²) in [6, 6.07) is 6.49. The van der Waals surface area contributed by atoms with Crippen molar-refractivity contribution in [2.24, 2.45) is 0 Å². The zero-order valence-corrected chi connectivity index (χ0v) is 11.1. The minimum atomic E-state index is -0.521. The van der Waals surface area contributed by atoms with E-state index in [1.807, 2.05) is 16.8 Å². The van der Waals surface area contributed by atoms with Crippen molar-refractivity contribution < 1.29 is 9.50 Å². The fourth-order valence-corrected chi connectivity index (χ4v) is 2.50. The van der Waals surface area contributed by atoms with Crippen molar-refractivity contribution in [2.45, 2.75) is 12.6 Å². The Morgan fingerprint density at radius 2 is 2.22 bits per heavy atom. The third-order valence-corrected chi connectivity index (χ3v) is 3.57. The number of nitrogens with one attached hydrogen (secondary N) is 1. The quantitative estimate of drug-likeness (QED) is 0.883. The van der Waals surface area contributed by atoms with Crippen LogP contribution >= 0.6 is 22.9 Å². The van der Waals surface area contributed by atoms with E-state index in [2.05, 4.69) is 5.32 Å². The second-order valence-electron chi connectivity index (χ2n) is 3.95. The molecule has 1 atom stereocenters. The molecule has 1 heterocycles. The van der Waals surface area contributed by atoms with Gasteiger partial charge in [-0.2, -0.15) is 11.3 Å². The van der Waals surface area contributed by atoms with Crippen LogP contribution < -0.4 is 5.32 Å². The maximum Gasteiger partial charge on any atom is 0.141 e. The molecule has 0 fully saturated rings. The van der Waals surface area contributed by atoms with Crippen LogP contribution in [0.25, 0.3) is 0 Å². The minimum Gasteiger partial charge on any atom is -0.387 e. The standard InChI is InChI=1S/C13H13ClFNOS/c14-11-5-9(1-2-12(11)15)6-16-7-13(17)10-3-4-18-8-10/h1-5,8,13,16-17H,6-7H2. The summed E-state index contributed by atoms with van der Waals surface area (Å²) in [4.78, 5) is 0. The first-order chi connectivity index (χ1) is 8.66. The Kier molecular flexibility index (Phi) is 4.72. The van der Waals surface area contributed by atoms with E-state index in [0.29, 0.717) is 13.1 Å². The van der Waals surface area contributed by atoms with Crippen molar-refractivity contribution in [1.82, 2.24) is 5.32 Å². The molecule has 0 radical (unpaired) electrons. The maximum absolute atomic E-state index is 12.9. The normalized spacial score (nSPS) is 12.6. The van der Waals surface area contributed by atoms with Gasteiger partial charge in [-0.25, -0.2) is 4.39 Å². The zero-order valence-electron chi connectivity index (χ0n) is 9.57. The van der Waals surface area contributed by atoms with Gasteiger partial charge in [-0.1, -0.05) is 17.7 Å². The Morgan fingerprint density at radius 3 is 2.89 bits per heavy atom. The molecule has 0 aliphatic rings. The molecule has 0 saturated carbocycles. The summed E-state index contributed by atoms with van der Waals surface area (Å²) in [6.45, 7) is 0.993. The molecule has 0 spiro atoms. The Balaban J connectivity index is 1.83. The van der Waals surface area contributed by atoms with Crippen molar-refractivity contribution >= 4 is 22.9 Å². The second-order valence-corrected chi connectivity index (χ2v) is 5.14. The third kappa shape index (κ3) is 3.53. The summed E-state index contributed by atoms with van der Waals surface area (Å²) in [5.41, 5.74) is 1.79. The fourth-order valence-electron chi connectivity index (χ4n) is 1.59. The van der Waals surface area contributed by atoms with E-state index in [4.69, 9.17) is 11.6 Å². The maximum atomic E-state index is 12.9. The Bertz CT molecular complexity index is 504. The first kappa shape index (κ1) is 13.5. The van der Waals surface area contributed by atoms with Gasteiger partial charge in [0.1, 0.15) is 5.82 Å². The predicted molar refractivity (Wildman–Crippen MR) is 72.4 cm³/mol. The molecule has 18 heavy (non-hydrogen) atoms. The van der Waals surface area contributed by atoms with Gasteiger partial charge >= 0.3 is 0 Å². The second kappa shape index (κ2) is 6.29. The lowest BCUT2D eigenvalue weighted by molar-refractivity contribution is 0.175.